The van der Waals surface area contributed by atoms with Crippen LogP contribution in [0.3, 0.4) is 0 Å². The van der Waals surface area contributed by atoms with Crippen molar-refractivity contribution in [2.45, 2.75) is 19.4 Å². The Morgan fingerprint density at radius 2 is 1.89 bits per heavy atom. The van der Waals surface area contributed by atoms with Gasteiger partial charge in [-0.3, -0.25) is 0 Å². The summed E-state index contributed by atoms with van der Waals surface area (Å²) in [6, 6.07) is 0. The average Bonchev–Trinajstić information content (AvgIpc) is 3.19. The Morgan fingerprint density at radius 1 is 1.28 bits per heavy atom. The van der Waals surface area contributed by atoms with E-state index in [9.17, 15) is 5.11 Å². The highest BCUT2D eigenvalue weighted by Crippen LogP contribution is 2.44. The largest absolute Gasteiger partial charge is 0.481 e. The van der Waals surface area contributed by atoms with Gasteiger partial charge in [0.2, 0.25) is 11.8 Å². The maximum Gasteiger partial charge on any atom is 0.224 e. The number of hydrogen-bond acceptors (Lipinski definition) is 6. The fourth-order valence-corrected chi connectivity index (χ4v) is 1.90. The minimum Gasteiger partial charge on any atom is -0.481 e. The molecule has 0 amide bonds. The fraction of sp³-hybridized carbons (Fsp3) is 0.667. The fourth-order valence-electron chi connectivity index (χ4n) is 1.90. The van der Waals surface area contributed by atoms with Crippen LogP contribution >= 0.6 is 0 Å². The third-order valence-electron chi connectivity index (χ3n) is 3.35. The summed E-state index contributed by atoms with van der Waals surface area (Å²) in [5.74, 6) is 1.03. The van der Waals surface area contributed by atoms with Crippen molar-refractivity contribution in [3.63, 3.8) is 0 Å². The summed E-state index contributed by atoms with van der Waals surface area (Å²) < 4.78 is 10.4. The van der Waals surface area contributed by atoms with Gasteiger partial charge in [0.1, 0.15) is 6.33 Å². The van der Waals surface area contributed by atoms with Gasteiger partial charge in [0.05, 0.1) is 19.8 Å². The van der Waals surface area contributed by atoms with E-state index < -0.39 is 0 Å². The second kappa shape index (κ2) is 5.49. The topological polar surface area (TPSA) is 76.5 Å². The summed E-state index contributed by atoms with van der Waals surface area (Å²) >= 11 is 0. The van der Waals surface area contributed by atoms with Gasteiger partial charge in [-0.25, -0.2) is 9.97 Å². The molecule has 1 fully saturated rings. The zero-order valence-corrected chi connectivity index (χ0v) is 10.8. The molecule has 0 saturated heterocycles. The maximum absolute atomic E-state index is 9.24. The molecule has 1 aromatic rings. The highest BCUT2D eigenvalue weighted by atomic mass is 16.5. The van der Waals surface area contributed by atoms with E-state index in [4.69, 9.17) is 9.47 Å². The van der Waals surface area contributed by atoms with E-state index in [2.05, 4.69) is 15.3 Å². The van der Waals surface area contributed by atoms with Crippen LogP contribution in [-0.4, -0.2) is 42.4 Å². The van der Waals surface area contributed by atoms with Crippen LogP contribution in [0.4, 0.5) is 0 Å². The predicted molar refractivity (Wildman–Crippen MR) is 65.6 cm³/mol. The molecule has 0 radical (unpaired) electrons. The van der Waals surface area contributed by atoms with E-state index in [1.165, 1.54) is 6.33 Å². The normalized spacial score (nSPS) is 16.4. The average molecular weight is 253 g/mol. The number of ether oxygens (including phenoxy) is 2. The van der Waals surface area contributed by atoms with Gasteiger partial charge < -0.3 is 19.9 Å². The van der Waals surface area contributed by atoms with Crippen LogP contribution < -0.4 is 14.8 Å². The third-order valence-corrected chi connectivity index (χ3v) is 3.35. The summed E-state index contributed by atoms with van der Waals surface area (Å²) in [4.78, 5) is 8.11. The lowest BCUT2D eigenvalue weighted by Gasteiger charge is -2.15. The molecule has 0 atom stereocenters. The van der Waals surface area contributed by atoms with Crippen LogP contribution in [0.15, 0.2) is 6.33 Å². The Labute approximate surface area is 106 Å². The standard InChI is InChI=1S/C12H19N3O3/c1-17-10-9(11(18-2)15-8-14-10)5-13-6-12(7-16)3-4-12/h8,13,16H,3-7H2,1-2H3. The molecule has 1 saturated carbocycles. The molecule has 0 aromatic carbocycles. The van der Waals surface area contributed by atoms with Crippen LogP contribution in [0.2, 0.25) is 0 Å². The van der Waals surface area contributed by atoms with Crippen molar-refractivity contribution in [2.24, 2.45) is 5.41 Å². The zero-order chi connectivity index (χ0) is 13.0. The van der Waals surface area contributed by atoms with Crippen molar-refractivity contribution >= 4 is 0 Å². The molecule has 1 aliphatic carbocycles. The number of aliphatic hydroxyl groups is 1. The Hall–Kier alpha value is -1.40. The zero-order valence-electron chi connectivity index (χ0n) is 10.8. The summed E-state index contributed by atoms with van der Waals surface area (Å²) in [5.41, 5.74) is 0.882. The number of aromatic nitrogens is 2. The number of nitrogens with zero attached hydrogens (tertiary/aromatic N) is 2. The van der Waals surface area contributed by atoms with Gasteiger partial charge in [-0.15, -0.1) is 0 Å². The lowest BCUT2D eigenvalue weighted by molar-refractivity contribution is 0.207. The minimum absolute atomic E-state index is 0.0795. The number of rotatable bonds is 7. The van der Waals surface area contributed by atoms with E-state index in [-0.39, 0.29) is 12.0 Å². The number of hydrogen-bond donors (Lipinski definition) is 2. The summed E-state index contributed by atoms with van der Waals surface area (Å²) in [6.07, 6.45) is 3.57. The summed E-state index contributed by atoms with van der Waals surface area (Å²) in [5, 5.41) is 12.5. The molecule has 0 aliphatic heterocycles. The van der Waals surface area contributed by atoms with E-state index in [0.717, 1.165) is 24.9 Å². The first-order valence-corrected chi connectivity index (χ1v) is 5.98. The van der Waals surface area contributed by atoms with Crippen molar-refractivity contribution in [3.05, 3.63) is 11.9 Å². The molecule has 2 rings (SSSR count). The molecule has 0 spiro atoms. The van der Waals surface area contributed by atoms with E-state index in [0.29, 0.717) is 18.3 Å². The van der Waals surface area contributed by atoms with Gasteiger partial charge in [-0.05, 0) is 12.8 Å². The first-order valence-electron chi connectivity index (χ1n) is 5.98. The minimum atomic E-state index is 0.0795. The molecule has 0 bridgehead atoms. The van der Waals surface area contributed by atoms with Crippen molar-refractivity contribution in [1.29, 1.82) is 0 Å². The molecule has 1 aromatic heterocycles. The first-order chi connectivity index (χ1) is 8.74. The molecule has 6 nitrogen and oxygen atoms in total. The highest BCUT2D eigenvalue weighted by molar-refractivity contribution is 5.34. The second-order valence-corrected chi connectivity index (χ2v) is 4.63. The van der Waals surface area contributed by atoms with Gasteiger partial charge in [0.15, 0.2) is 0 Å². The van der Waals surface area contributed by atoms with Gasteiger partial charge >= 0.3 is 0 Å². The molecular formula is C12H19N3O3. The molecule has 2 N–H and O–H groups in total. The lowest BCUT2D eigenvalue weighted by Crippen LogP contribution is -2.26. The Bertz CT molecular complexity index is 385. The van der Waals surface area contributed by atoms with Crippen LogP contribution in [0.25, 0.3) is 0 Å². The maximum atomic E-state index is 9.24. The molecule has 1 aliphatic rings. The van der Waals surface area contributed by atoms with Crippen molar-refractivity contribution in [1.82, 2.24) is 15.3 Å². The van der Waals surface area contributed by atoms with E-state index in [1.807, 2.05) is 0 Å². The molecule has 0 unspecified atom stereocenters. The Morgan fingerprint density at radius 3 is 2.33 bits per heavy atom. The monoisotopic (exact) mass is 253 g/mol. The van der Waals surface area contributed by atoms with Crippen LogP contribution in [-0.2, 0) is 6.54 Å². The lowest BCUT2D eigenvalue weighted by atomic mass is 10.1. The molecule has 1 heterocycles. The molecule has 18 heavy (non-hydrogen) atoms. The van der Waals surface area contributed by atoms with Gasteiger partial charge in [-0.2, -0.15) is 0 Å². The van der Waals surface area contributed by atoms with Gasteiger partial charge in [0, 0.05) is 25.1 Å². The number of nitrogens with one attached hydrogen (secondary N) is 1. The number of methoxy groups -OCH3 is 2. The van der Waals surface area contributed by atoms with Crippen molar-refractivity contribution in [2.75, 3.05) is 27.4 Å². The Balaban J connectivity index is 1.99. The van der Waals surface area contributed by atoms with Gasteiger partial charge in [0.25, 0.3) is 0 Å². The van der Waals surface area contributed by atoms with Crippen LogP contribution in [0.5, 0.6) is 11.8 Å². The van der Waals surface area contributed by atoms with Gasteiger partial charge in [-0.1, -0.05) is 0 Å². The van der Waals surface area contributed by atoms with Crippen LogP contribution in [0, 0.1) is 5.41 Å². The molecular weight excluding hydrogens is 234 g/mol. The molecule has 100 valence electrons. The van der Waals surface area contributed by atoms with Crippen molar-refractivity contribution < 1.29 is 14.6 Å². The quantitative estimate of drug-likeness (QED) is 0.730. The summed E-state index contributed by atoms with van der Waals surface area (Å²) in [6.45, 7) is 1.58. The smallest absolute Gasteiger partial charge is 0.224 e. The first kappa shape index (κ1) is 13.0. The number of aliphatic hydroxyl groups excluding tert-OH is 1. The second-order valence-electron chi connectivity index (χ2n) is 4.63. The van der Waals surface area contributed by atoms with E-state index >= 15 is 0 Å². The van der Waals surface area contributed by atoms with Crippen LogP contribution in [0.1, 0.15) is 18.4 Å². The SMILES string of the molecule is COc1ncnc(OC)c1CNCC1(CO)CC1. The highest BCUT2D eigenvalue weighted by Gasteiger charge is 2.41. The predicted octanol–water partition coefficient (Wildman–Crippen LogP) is 0.356. The molecule has 6 heteroatoms. The summed E-state index contributed by atoms with van der Waals surface area (Å²) in [7, 11) is 3.14. The third kappa shape index (κ3) is 2.70. The Kier molecular flexibility index (Phi) is 3.98. The van der Waals surface area contributed by atoms with Crippen molar-refractivity contribution in [3.8, 4) is 11.8 Å². The van der Waals surface area contributed by atoms with E-state index in [1.54, 1.807) is 14.2 Å².